The number of hydrogen-bond donors (Lipinski definition) is 2. The summed E-state index contributed by atoms with van der Waals surface area (Å²) in [5, 5.41) is 7.73. The molecule has 1 aliphatic heterocycles. The highest BCUT2D eigenvalue weighted by Gasteiger charge is 2.17. The third-order valence-corrected chi connectivity index (χ3v) is 6.17. The van der Waals surface area contributed by atoms with Gasteiger partial charge in [-0.25, -0.2) is 9.37 Å². The number of carbonyl (C=O) groups excluding carboxylic acids is 1. The van der Waals surface area contributed by atoms with E-state index >= 15 is 0 Å². The quantitative estimate of drug-likeness (QED) is 0.310. The average molecular weight is 516 g/mol. The predicted octanol–water partition coefficient (Wildman–Crippen LogP) is 5.72. The van der Waals surface area contributed by atoms with Crippen LogP contribution >= 0.6 is 0 Å². The van der Waals surface area contributed by atoms with Gasteiger partial charge in [-0.15, -0.1) is 0 Å². The first kappa shape index (κ1) is 25.4. The Labute approximate surface area is 220 Å². The number of anilines is 3. The minimum absolute atomic E-state index is 0.248. The molecular weight excluding hydrogens is 485 g/mol. The Bertz CT molecular complexity index is 1440. The lowest BCUT2D eigenvalue weighted by atomic mass is 10.1. The Morgan fingerprint density at radius 3 is 2.66 bits per heavy atom. The molecule has 2 heterocycles. The van der Waals surface area contributed by atoms with Crippen LogP contribution < -0.4 is 20.3 Å². The van der Waals surface area contributed by atoms with Crippen molar-refractivity contribution in [2.45, 2.75) is 13.8 Å². The molecule has 5 rings (SSSR count). The van der Waals surface area contributed by atoms with E-state index in [2.05, 4.69) is 34.4 Å². The summed E-state index contributed by atoms with van der Waals surface area (Å²) in [6.07, 6.45) is 1.64. The minimum Gasteiger partial charge on any atom is -0.438 e. The number of fused-ring (bicyclic) bond motifs is 1. The topological polar surface area (TPSA) is 88.6 Å². The van der Waals surface area contributed by atoms with E-state index in [0.29, 0.717) is 61.2 Å². The van der Waals surface area contributed by atoms with Gasteiger partial charge in [-0.1, -0.05) is 38.1 Å². The molecule has 0 atom stereocenters. The first-order valence-corrected chi connectivity index (χ1v) is 12.7. The molecule has 196 valence electrons. The smallest absolute Gasteiger partial charge is 0.255 e. The van der Waals surface area contributed by atoms with Gasteiger partial charge < -0.3 is 25.0 Å². The van der Waals surface area contributed by atoms with Crippen LogP contribution in [0.4, 0.5) is 21.7 Å². The summed E-state index contributed by atoms with van der Waals surface area (Å²) in [6, 6.07) is 17.3. The summed E-state index contributed by atoms with van der Waals surface area (Å²) in [6.45, 7) is 7.41. The van der Waals surface area contributed by atoms with E-state index < -0.39 is 11.7 Å². The maximum absolute atomic E-state index is 14.4. The zero-order valence-electron chi connectivity index (χ0n) is 21.4. The van der Waals surface area contributed by atoms with Crippen LogP contribution in [0.1, 0.15) is 24.2 Å². The van der Waals surface area contributed by atoms with Gasteiger partial charge in [0.2, 0.25) is 11.8 Å². The number of rotatable bonds is 8. The van der Waals surface area contributed by atoms with Gasteiger partial charge in [0.25, 0.3) is 5.91 Å². The number of benzene rings is 3. The van der Waals surface area contributed by atoms with Crippen molar-refractivity contribution >= 4 is 34.0 Å². The van der Waals surface area contributed by atoms with E-state index in [1.165, 1.54) is 12.1 Å². The highest BCUT2D eigenvalue weighted by Crippen LogP contribution is 2.34. The molecule has 1 aliphatic rings. The van der Waals surface area contributed by atoms with Crippen molar-refractivity contribution in [1.29, 1.82) is 0 Å². The molecule has 38 heavy (non-hydrogen) atoms. The molecule has 2 N–H and O–H groups in total. The fourth-order valence-corrected chi connectivity index (χ4v) is 4.27. The summed E-state index contributed by atoms with van der Waals surface area (Å²) in [7, 11) is 0. The number of carbonyl (C=O) groups is 1. The van der Waals surface area contributed by atoms with E-state index in [0.717, 1.165) is 17.3 Å². The molecule has 4 aromatic rings. The summed E-state index contributed by atoms with van der Waals surface area (Å²) in [4.78, 5) is 23.9. The van der Waals surface area contributed by atoms with Crippen molar-refractivity contribution in [2.75, 3.05) is 48.4 Å². The van der Waals surface area contributed by atoms with E-state index in [-0.39, 0.29) is 5.56 Å². The van der Waals surface area contributed by atoms with Crippen LogP contribution in [0, 0.1) is 11.7 Å². The van der Waals surface area contributed by atoms with Gasteiger partial charge >= 0.3 is 0 Å². The lowest BCUT2D eigenvalue weighted by Crippen LogP contribution is -2.36. The van der Waals surface area contributed by atoms with Crippen LogP contribution in [0.3, 0.4) is 0 Å². The first-order valence-electron chi connectivity index (χ1n) is 12.7. The van der Waals surface area contributed by atoms with Gasteiger partial charge in [0, 0.05) is 59.6 Å². The minimum atomic E-state index is -0.458. The number of ether oxygens (including phenoxy) is 2. The Morgan fingerprint density at radius 1 is 1.08 bits per heavy atom. The number of amides is 1. The molecule has 1 fully saturated rings. The maximum Gasteiger partial charge on any atom is 0.255 e. The standard InChI is InChI=1S/C29H30FN5O3/c1-19(2)18-32-29-31-10-9-27(34-29)38-26-8-7-25(23-5-3-4-6-24(23)26)33-28(36)20-15-21(30)17-22(16-20)35-11-13-37-14-12-35/h3-10,15-17,19H,11-14,18H2,1-2H3,(H,33,36)(H,31,32,34). The van der Waals surface area contributed by atoms with Crippen LogP contribution in [0.15, 0.2) is 66.9 Å². The molecule has 0 radical (unpaired) electrons. The van der Waals surface area contributed by atoms with Crippen LogP contribution in [0.2, 0.25) is 0 Å². The molecule has 0 aliphatic carbocycles. The lowest BCUT2D eigenvalue weighted by Gasteiger charge is -2.29. The first-order chi connectivity index (χ1) is 18.5. The number of morpholine rings is 1. The van der Waals surface area contributed by atoms with Gasteiger partial charge in [0.05, 0.1) is 13.2 Å². The third-order valence-electron chi connectivity index (χ3n) is 6.17. The molecule has 1 amide bonds. The lowest BCUT2D eigenvalue weighted by molar-refractivity contribution is 0.102. The molecule has 0 unspecified atom stereocenters. The van der Waals surface area contributed by atoms with Crippen LogP contribution in [0.25, 0.3) is 10.8 Å². The molecule has 0 saturated carbocycles. The Hall–Kier alpha value is -4.24. The van der Waals surface area contributed by atoms with E-state index in [1.54, 1.807) is 30.5 Å². The second-order valence-electron chi connectivity index (χ2n) is 9.50. The van der Waals surface area contributed by atoms with Crippen molar-refractivity contribution in [3.63, 3.8) is 0 Å². The van der Waals surface area contributed by atoms with Gasteiger partial charge in [0.15, 0.2) is 0 Å². The number of hydrogen-bond acceptors (Lipinski definition) is 7. The molecular formula is C29H30FN5O3. The Balaban J connectivity index is 1.38. The number of aromatic nitrogens is 2. The maximum atomic E-state index is 14.4. The third kappa shape index (κ3) is 6.00. The molecule has 1 saturated heterocycles. The molecule has 0 spiro atoms. The van der Waals surface area contributed by atoms with Crippen LogP contribution in [-0.2, 0) is 4.74 Å². The van der Waals surface area contributed by atoms with Crippen molar-refractivity contribution < 1.29 is 18.7 Å². The molecule has 9 heteroatoms. The van der Waals surface area contributed by atoms with E-state index in [4.69, 9.17) is 9.47 Å². The molecule has 3 aromatic carbocycles. The summed E-state index contributed by atoms with van der Waals surface area (Å²) < 4.78 is 25.9. The van der Waals surface area contributed by atoms with Crippen molar-refractivity contribution in [3.8, 4) is 11.6 Å². The predicted molar refractivity (Wildman–Crippen MR) is 147 cm³/mol. The zero-order chi connectivity index (χ0) is 26.5. The normalized spacial score (nSPS) is 13.5. The number of nitrogens with one attached hydrogen (secondary N) is 2. The Kier molecular flexibility index (Phi) is 7.65. The van der Waals surface area contributed by atoms with Gasteiger partial charge in [-0.05, 0) is 36.2 Å². The number of nitrogens with zero attached hydrogens (tertiary/aromatic N) is 3. The monoisotopic (exact) mass is 515 g/mol. The summed E-state index contributed by atoms with van der Waals surface area (Å²) in [5.41, 5.74) is 1.51. The summed E-state index contributed by atoms with van der Waals surface area (Å²) in [5.74, 6) is 1.09. The van der Waals surface area contributed by atoms with E-state index in [9.17, 15) is 9.18 Å². The number of halogens is 1. The van der Waals surface area contributed by atoms with Crippen molar-refractivity contribution in [2.24, 2.45) is 5.92 Å². The Morgan fingerprint density at radius 2 is 1.87 bits per heavy atom. The van der Waals surface area contributed by atoms with Gasteiger partial charge in [0.1, 0.15) is 11.6 Å². The highest BCUT2D eigenvalue weighted by molar-refractivity contribution is 6.10. The molecule has 8 nitrogen and oxygen atoms in total. The van der Waals surface area contributed by atoms with Crippen LogP contribution in [0.5, 0.6) is 11.6 Å². The van der Waals surface area contributed by atoms with Crippen LogP contribution in [-0.4, -0.2) is 48.7 Å². The van der Waals surface area contributed by atoms with E-state index in [1.807, 2.05) is 29.2 Å². The SMILES string of the molecule is CC(C)CNc1nccc(Oc2ccc(NC(=O)c3cc(F)cc(N4CCOCC4)c3)c3ccccc23)n1. The van der Waals surface area contributed by atoms with Crippen molar-refractivity contribution in [1.82, 2.24) is 9.97 Å². The second kappa shape index (κ2) is 11.4. The zero-order valence-corrected chi connectivity index (χ0v) is 21.4. The fraction of sp³-hybridized carbons (Fsp3) is 0.276. The fourth-order valence-electron chi connectivity index (χ4n) is 4.27. The van der Waals surface area contributed by atoms with Gasteiger partial charge in [-0.2, -0.15) is 4.98 Å². The largest absolute Gasteiger partial charge is 0.438 e. The van der Waals surface area contributed by atoms with Gasteiger partial charge in [-0.3, -0.25) is 4.79 Å². The average Bonchev–Trinajstić information content (AvgIpc) is 2.93. The molecule has 0 bridgehead atoms. The molecule has 1 aromatic heterocycles. The highest BCUT2D eigenvalue weighted by atomic mass is 19.1. The second-order valence-corrected chi connectivity index (χ2v) is 9.50. The van der Waals surface area contributed by atoms with Crippen molar-refractivity contribution in [3.05, 3.63) is 78.2 Å². The summed E-state index contributed by atoms with van der Waals surface area (Å²) >= 11 is 0.